The standard InChI is InChI=1S/C23H30N2S/c1-3-5-13-25-17-21-11-7-6-10-19(21)15-22(25)16-24-23(26)20-12-8-9-18(4-2)14-20/h6-12,14,22H,3-5,13,15-17H2,1-2H3,(H,24,26)/t22-/m1/s1. The average Bonchev–Trinajstić information content (AvgIpc) is 2.70. The van der Waals surface area contributed by atoms with E-state index in [4.69, 9.17) is 12.2 Å². The van der Waals surface area contributed by atoms with E-state index in [9.17, 15) is 0 Å². The highest BCUT2D eigenvalue weighted by atomic mass is 32.1. The van der Waals surface area contributed by atoms with E-state index >= 15 is 0 Å². The summed E-state index contributed by atoms with van der Waals surface area (Å²) in [6, 6.07) is 18.0. The third kappa shape index (κ3) is 4.72. The van der Waals surface area contributed by atoms with Crippen LogP contribution in [0.4, 0.5) is 0 Å². The van der Waals surface area contributed by atoms with E-state index in [2.05, 4.69) is 72.6 Å². The molecule has 0 bridgehead atoms. The topological polar surface area (TPSA) is 15.3 Å². The first-order valence-electron chi connectivity index (χ1n) is 9.89. The predicted octanol–water partition coefficient (Wildman–Crippen LogP) is 4.74. The Morgan fingerprint density at radius 1 is 1.12 bits per heavy atom. The molecular weight excluding hydrogens is 336 g/mol. The molecule has 1 N–H and O–H groups in total. The van der Waals surface area contributed by atoms with Gasteiger partial charge in [0.1, 0.15) is 4.99 Å². The minimum Gasteiger partial charge on any atom is -0.374 e. The Balaban J connectivity index is 1.67. The molecule has 1 aliphatic heterocycles. The van der Waals surface area contributed by atoms with Gasteiger partial charge in [-0.2, -0.15) is 0 Å². The van der Waals surface area contributed by atoms with Crippen LogP contribution in [0.15, 0.2) is 48.5 Å². The number of hydrogen-bond donors (Lipinski definition) is 1. The second-order valence-electron chi connectivity index (χ2n) is 7.21. The molecule has 0 saturated carbocycles. The fourth-order valence-corrected chi connectivity index (χ4v) is 3.92. The van der Waals surface area contributed by atoms with Crippen LogP contribution >= 0.6 is 12.2 Å². The summed E-state index contributed by atoms with van der Waals surface area (Å²) in [6.45, 7) is 7.57. The zero-order valence-corrected chi connectivity index (χ0v) is 16.8. The van der Waals surface area contributed by atoms with Gasteiger partial charge in [0.2, 0.25) is 0 Å². The lowest BCUT2D eigenvalue weighted by Crippen LogP contribution is -2.47. The van der Waals surface area contributed by atoms with Crippen LogP contribution in [-0.2, 0) is 19.4 Å². The Labute approximate surface area is 163 Å². The molecule has 1 aliphatic rings. The Kier molecular flexibility index (Phi) is 6.81. The maximum atomic E-state index is 5.67. The van der Waals surface area contributed by atoms with Crippen LogP contribution in [0.2, 0.25) is 0 Å². The summed E-state index contributed by atoms with van der Waals surface area (Å²) in [5.74, 6) is 0. The van der Waals surface area contributed by atoms with Gasteiger partial charge >= 0.3 is 0 Å². The van der Waals surface area contributed by atoms with E-state index in [1.165, 1.54) is 29.5 Å². The van der Waals surface area contributed by atoms with Crippen molar-refractivity contribution in [1.82, 2.24) is 10.2 Å². The lowest BCUT2D eigenvalue weighted by Gasteiger charge is -2.37. The molecule has 138 valence electrons. The SMILES string of the molecule is CCCCN1Cc2ccccc2C[C@@H]1CNC(=S)c1cccc(CC)c1. The average molecular weight is 367 g/mol. The first-order valence-corrected chi connectivity index (χ1v) is 10.3. The third-order valence-corrected chi connectivity index (χ3v) is 5.74. The highest BCUT2D eigenvalue weighted by Crippen LogP contribution is 2.23. The Bertz CT molecular complexity index is 740. The summed E-state index contributed by atoms with van der Waals surface area (Å²) >= 11 is 5.67. The normalized spacial score (nSPS) is 16.9. The van der Waals surface area contributed by atoms with Crippen LogP contribution in [0.1, 0.15) is 48.9 Å². The molecule has 0 radical (unpaired) electrons. The van der Waals surface area contributed by atoms with Crippen LogP contribution in [0.25, 0.3) is 0 Å². The summed E-state index contributed by atoms with van der Waals surface area (Å²) in [7, 11) is 0. The number of rotatable bonds is 7. The van der Waals surface area contributed by atoms with Crippen LogP contribution in [0, 0.1) is 0 Å². The predicted molar refractivity (Wildman–Crippen MR) is 115 cm³/mol. The zero-order valence-electron chi connectivity index (χ0n) is 16.0. The summed E-state index contributed by atoms with van der Waals surface area (Å²) in [4.78, 5) is 3.50. The van der Waals surface area contributed by atoms with Gasteiger partial charge in [-0.3, -0.25) is 4.90 Å². The maximum Gasteiger partial charge on any atom is 0.106 e. The fraction of sp³-hybridized carbons (Fsp3) is 0.435. The first kappa shape index (κ1) is 19.1. The van der Waals surface area contributed by atoms with E-state index in [-0.39, 0.29) is 0 Å². The van der Waals surface area contributed by atoms with Gasteiger partial charge in [0, 0.05) is 24.7 Å². The fourth-order valence-electron chi connectivity index (χ4n) is 3.71. The van der Waals surface area contributed by atoms with Crippen molar-refractivity contribution >= 4 is 17.2 Å². The van der Waals surface area contributed by atoms with E-state index < -0.39 is 0 Å². The van der Waals surface area contributed by atoms with Crippen molar-refractivity contribution in [3.63, 3.8) is 0 Å². The van der Waals surface area contributed by atoms with Gasteiger partial charge in [-0.05, 0) is 48.6 Å². The van der Waals surface area contributed by atoms with Gasteiger partial charge in [0.25, 0.3) is 0 Å². The molecule has 1 atom stereocenters. The number of unbranched alkanes of at least 4 members (excludes halogenated alkanes) is 1. The van der Waals surface area contributed by atoms with Gasteiger partial charge in [0.05, 0.1) is 0 Å². The second kappa shape index (κ2) is 9.29. The van der Waals surface area contributed by atoms with Gasteiger partial charge in [0.15, 0.2) is 0 Å². The number of thiocarbonyl (C=S) groups is 1. The molecule has 3 rings (SSSR count). The molecule has 0 fully saturated rings. The van der Waals surface area contributed by atoms with Crippen molar-refractivity contribution in [3.8, 4) is 0 Å². The molecule has 2 nitrogen and oxygen atoms in total. The molecular formula is C23H30N2S. The second-order valence-corrected chi connectivity index (χ2v) is 7.62. The lowest BCUT2D eigenvalue weighted by molar-refractivity contribution is 0.170. The van der Waals surface area contributed by atoms with Crippen LogP contribution in [0.3, 0.4) is 0 Å². The summed E-state index contributed by atoms with van der Waals surface area (Å²) < 4.78 is 0. The van der Waals surface area contributed by atoms with E-state index in [1.807, 2.05) is 0 Å². The van der Waals surface area contributed by atoms with Crippen molar-refractivity contribution in [2.24, 2.45) is 0 Å². The van der Waals surface area contributed by atoms with Crippen LogP contribution in [-0.4, -0.2) is 29.0 Å². The van der Waals surface area contributed by atoms with E-state index in [1.54, 1.807) is 0 Å². The number of nitrogens with one attached hydrogen (secondary N) is 1. The molecule has 2 aromatic carbocycles. The Hall–Kier alpha value is -1.71. The minimum atomic E-state index is 0.503. The van der Waals surface area contributed by atoms with Crippen molar-refractivity contribution in [1.29, 1.82) is 0 Å². The van der Waals surface area contributed by atoms with Crippen molar-refractivity contribution in [2.75, 3.05) is 13.1 Å². The monoisotopic (exact) mass is 366 g/mol. The highest BCUT2D eigenvalue weighted by Gasteiger charge is 2.25. The molecule has 3 heteroatoms. The molecule has 0 saturated heterocycles. The van der Waals surface area contributed by atoms with Crippen molar-refractivity contribution in [3.05, 3.63) is 70.8 Å². The smallest absolute Gasteiger partial charge is 0.106 e. The van der Waals surface area contributed by atoms with E-state index in [0.29, 0.717) is 6.04 Å². The highest BCUT2D eigenvalue weighted by molar-refractivity contribution is 7.80. The molecule has 0 amide bonds. The van der Waals surface area contributed by atoms with Crippen molar-refractivity contribution in [2.45, 2.75) is 52.1 Å². The number of benzene rings is 2. The molecule has 0 aromatic heterocycles. The molecule has 26 heavy (non-hydrogen) atoms. The first-order chi connectivity index (χ1) is 12.7. The molecule has 0 aliphatic carbocycles. The van der Waals surface area contributed by atoms with E-state index in [0.717, 1.165) is 43.0 Å². The van der Waals surface area contributed by atoms with Gasteiger partial charge < -0.3 is 5.32 Å². The molecule has 1 heterocycles. The lowest BCUT2D eigenvalue weighted by atomic mass is 9.93. The van der Waals surface area contributed by atoms with Gasteiger partial charge in [-0.25, -0.2) is 0 Å². The number of fused-ring (bicyclic) bond motifs is 1. The maximum absolute atomic E-state index is 5.67. The van der Waals surface area contributed by atoms with Gasteiger partial charge in [-0.15, -0.1) is 0 Å². The quantitative estimate of drug-likeness (QED) is 0.713. The number of hydrogen-bond acceptors (Lipinski definition) is 2. The Morgan fingerprint density at radius 3 is 2.69 bits per heavy atom. The minimum absolute atomic E-state index is 0.503. The third-order valence-electron chi connectivity index (χ3n) is 5.36. The Morgan fingerprint density at radius 2 is 1.92 bits per heavy atom. The van der Waals surface area contributed by atoms with Gasteiger partial charge in [-0.1, -0.05) is 75.0 Å². The van der Waals surface area contributed by atoms with Crippen LogP contribution in [0.5, 0.6) is 0 Å². The number of nitrogens with zero attached hydrogens (tertiary/aromatic N) is 1. The van der Waals surface area contributed by atoms with Crippen LogP contribution < -0.4 is 5.32 Å². The summed E-state index contributed by atoms with van der Waals surface area (Å²) in [5.41, 5.74) is 5.45. The number of aryl methyl sites for hydroxylation is 1. The molecule has 2 aromatic rings. The largest absolute Gasteiger partial charge is 0.374 e. The summed E-state index contributed by atoms with van der Waals surface area (Å²) in [6.07, 6.45) is 4.63. The summed E-state index contributed by atoms with van der Waals surface area (Å²) in [5, 5.41) is 3.55. The molecule has 0 spiro atoms. The molecule has 0 unspecified atom stereocenters. The van der Waals surface area contributed by atoms with Crippen molar-refractivity contribution < 1.29 is 0 Å². The zero-order chi connectivity index (χ0) is 18.4.